The van der Waals surface area contributed by atoms with Crippen molar-refractivity contribution in [1.29, 1.82) is 0 Å². The van der Waals surface area contributed by atoms with Crippen molar-refractivity contribution in [2.45, 2.75) is 37.1 Å². The third-order valence-corrected chi connectivity index (χ3v) is 6.19. The molecule has 1 aromatic carbocycles. The topological polar surface area (TPSA) is 90.2 Å². The number of aromatic nitrogens is 4. The van der Waals surface area contributed by atoms with Gasteiger partial charge in [0, 0.05) is 29.8 Å². The number of Topliss-reactive ketones (excluding diaryl/α,β-unsaturated/α-hetero) is 1. The van der Waals surface area contributed by atoms with Crippen LogP contribution in [0.4, 0.5) is 4.39 Å². The SMILES string of the molecule is COC(=O)Cn1nnc(C=C2CN(C(C(=O)C3CC3)c3ccccc3F)CCC2S)n1.Cl. The zero-order valence-corrected chi connectivity index (χ0v) is 19.3. The summed E-state index contributed by atoms with van der Waals surface area (Å²) in [6.07, 6.45) is 4.20. The molecule has 0 amide bonds. The van der Waals surface area contributed by atoms with Crippen molar-refractivity contribution in [3.05, 3.63) is 47.0 Å². The number of rotatable bonds is 7. The molecule has 2 atom stereocenters. The highest BCUT2D eigenvalue weighted by atomic mass is 35.5. The molecule has 2 fully saturated rings. The van der Waals surface area contributed by atoms with Crippen LogP contribution in [0.5, 0.6) is 0 Å². The Hall–Kier alpha value is -2.30. The maximum atomic E-state index is 14.6. The number of methoxy groups -OCH3 is 1. The van der Waals surface area contributed by atoms with Crippen LogP contribution in [0.25, 0.3) is 6.08 Å². The molecule has 2 aromatic rings. The van der Waals surface area contributed by atoms with Gasteiger partial charge in [0.2, 0.25) is 0 Å². The molecule has 1 saturated carbocycles. The van der Waals surface area contributed by atoms with Crippen LogP contribution in [0.1, 0.15) is 36.7 Å². The van der Waals surface area contributed by atoms with E-state index in [9.17, 15) is 14.0 Å². The smallest absolute Gasteiger partial charge is 0.329 e. The van der Waals surface area contributed by atoms with Crippen molar-refractivity contribution in [2.24, 2.45) is 5.92 Å². The molecule has 1 aliphatic heterocycles. The Bertz CT molecular complexity index is 1010. The third-order valence-electron chi connectivity index (χ3n) is 5.60. The van der Waals surface area contributed by atoms with Gasteiger partial charge in [0.05, 0.1) is 13.2 Å². The van der Waals surface area contributed by atoms with Gasteiger partial charge in [-0.15, -0.1) is 22.6 Å². The zero-order valence-electron chi connectivity index (χ0n) is 17.6. The molecule has 0 N–H and O–H groups in total. The molecule has 1 aliphatic carbocycles. The van der Waals surface area contributed by atoms with E-state index in [1.807, 2.05) is 4.90 Å². The summed E-state index contributed by atoms with van der Waals surface area (Å²) in [5.74, 6) is -0.420. The van der Waals surface area contributed by atoms with Crippen molar-refractivity contribution in [2.75, 3.05) is 20.2 Å². The van der Waals surface area contributed by atoms with Gasteiger partial charge in [-0.2, -0.15) is 17.4 Å². The summed E-state index contributed by atoms with van der Waals surface area (Å²) < 4.78 is 19.2. The summed E-state index contributed by atoms with van der Waals surface area (Å²) in [7, 11) is 1.29. The number of halogens is 2. The number of esters is 1. The lowest BCUT2D eigenvalue weighted by atomic mass is 9.93. The van der Waals surface area contributed by atoms with Gasteiger partial charge in [-0.05, 0) is 42.2 Å². The second-order valence-corrected chi connectivity index (χ2v) is 8.47. The number of hydrogen-bond donors (Lipinski definition) is 1. The number of ether oxygens (including phenoxy) is 1. The molecule has 2 unspecified atom stereocenters. The highest BCUT2D eigenvalue weighted by Gasteiger charge is 2.40. The predicted molar refractivity (Wildman–Crippen MR) is 121 cm³/mol. The van der Waals surface area contributed by atoms with Gasteiger partial charge in [-0.25, -0.2) is 9.18 Å². The first kappa shape index (κ1) is 24.3. The molecule has 0 bridgehead atoms. The summed E-state index contributed by atoms with van der Waals surface area (Å²) in [5.41, 5.74) is 1.33. The number of carbonyl (C=O) groups is 2. The predicted octanol–water partition coefficient (Wildman–Crippen LogP) is 2.51. The van der Waals surface area contributed by atoms with Crippen molar-refractivity contribution >= 4 is 42.9 Å². The largest absolute Gasteiger partial charge is 0.468 e. The van der Waals surface area contributed by atoms with E-state index in [4.69, 9.17) is 0 Å². The van der Waals surface area contributed by atoms with Gasteiger partial charge in [0.25, 0.3) is 0 Å². The lowest BCUT2D eigenvalue weighted by Crippen LogP contribution is -2.42. The fourth-order valence-electron chi connectivity index (χ4n) is 3.80. The third kappa shape index (κ3) is 5.54. The minimum Gasteiger partial charge on any atom is -0.468 e. The zero-order chi connectivity index (χ0) is 22.0. The minimum atomic E-state index is -0.624. The van der Waals surface area contributed by atoms with Crippen LogP contribution >= 0.6 is 25.0 Å². The monoisotopic (exact) mass is 481 g/mol. The van der Waals surface area contributed by atoms with E-state index in [1.165, 1.54) is 13.2 Å². The Morgan fingerprint density at radius 3 is 2.75 bits per heavy atom. The molecule has 0 radical (unpaired) electrons. The molecule has 172 valence electrons. The standard InChI is InChI=1S/C21H24FN5O3S.ClH/c1-30-19(28)12-27-24-18(23-25-27)10-14-11-26(9-8-17(14)31)20(21(29)13-6-7-13)15-4-2-3-5-16(15)22;/h2-5,10,13,17,20,31H,6-9,11-12H2,1H3;1H. The quantitative estimate of drug-likeness (QED) is 0.480. The minimum absolute atomic E-state index is 0. The van der Waals surface area contributed by atoms with E-state index < -0.39 is 12.0 Å². The highest BCUT2D eigenvalue weighted by molar-refractivity contribution is 7.81. The Morgan fingerprint density at radius 2 is 2.06 bits per heavy atom. The second-order valence-electron chi connectivity index (χ2n) is 7.85. The molecule has 1 aromatic heterocycles. The first-order chi connectivity index (χ1) is 15.0. The van der Waals surface area contributed by atoms with Crippen LogP contribution in [-0.2, 0) is 20.9 Å². The molecule has 11 heteroatoms. The average molecular weight is 482 g/mol. The first-order valence-corrected chi connectivity index (χ1v) is 10.7. The van der Waals surface area contributed by atoms with Crippen LogP contribution in [0.2, 0.25) is 0 Å². The summed E-state index contributed by atoms with van der Waals surface area (Å²) in [4.78, 5) is 27.7. The molecule has 2 aliphatic rings. The Kier molecular flexibility index (Phi) is 8.02. The van der Waals surface area contributed by atoms with Gasteiger partial charge < -0.3 is 4.74 Å². The number of ketones is 1. The number of piperidine rings is 1. The number of hydrogen-bond acceptors (Lipinski definition) is 8. The first-order valence-electron chi connectivity index (χ1n) is 10.2. The van der Waals surface area contributed by atoms with Gasteiger partial charge in [-0.1, -0.05) is 18.2 Å². The number of nitrogens with zero attached hydrogens (tertiary/aromatic N) is 5. The van der Waals surface area contributed by atoms with Crippen LogP contribution in [0, 0.1) is 11.7 Å². The normalized spacial score (nSPS) is 21.1. The summed E-state index contributed by atoms with van der Waals surface area (Å²) in [6, 6.07) is 5.86. The van der Waals surface area contributed by atoms with Crippen molar-refractivity contribution in [1.82, 2.24) is 25.1 Å². The molecular weight excluding hydrogens is 457 g/mol. The summed E-state index contributed by atoms with van der Waals surface area (Å²) in [6.45, 7) is 0.941. The molecule has 32 heavy (non-hydrogen) atoms. The van der Waals surface area contributed by atoms with Gasteiger partial charge in [-0.3, -0.25) is 9.69 Å². The van der Waals surface area contributed by atoms with Crippen molar-refractivity contribution in [3.63, 3.8) is 0 Å². The molecule has 8 nitrogen and oxygen atoms in total. The van der Waals surface area contributed by atoms with E-state index in [-0.39, 0.29) is 41.7 Å². The fraction of sp³-hybridized carbons (Fsp3) is 0.476. The fourth-order valence-corrected chi connectivity index (χ4v) is 4.07. The van der Waals surface area contributed by atoms with Crippen molar-refractivity contribution < 1.29 is 18.7 Å². The summed E-state index contributed by atoms with van der Waals surface area (Å²) in [5, 5.41) is 12.0. The van der Waals surface area contributed by atoms with Crippen LogP contribution in [-0.4, -0.2) is 62.3 Å². The van der Waals surface area contributed by atoms with Crippen LogP contribution in [0.15, 0.2) is 29.8 Å². The molecule has 0 spiro atoms. The van der Waals surface area contributed by atoms with Crippen molar-refractivity contribution in [3.8, 4) is 0 Å². The van der Waals surface area contributed by atoms with Crippen LogP contribution in [0.3, 0.4) is 0 Å². The number of benzene rings is 1. The Morgan fingerprint density at radius 1 is 1.31 bits per heavy atom. The lowest BCUT2D eigenvalue weighted by molar-refractivity contribution is -0.141. The lowest BCUT2D eigenvalue weighted by Gasteiger charge is -2.37. The number of tetrazole rings is 1. The second kappa shape index (κ2) is 10.5. The van der Waals surface area contributed by atoms with E-state index >= 15 is 0 Å². The maximum absolute atomic E-state index is 14.6. The maximum Gasteiger partial charge on any atom is 0.329 e. The van der Waals surface area contributed by atoms with E-state index in [0.29, 0.717) is 30.9 Å². The molecule has 2 heterocycles. The van der Waals surface area contributed by atoms with E-state index in [2.05, 4.69) is 32.8 Å². The van der Waals surface area contributed by atoms with Crippen LogP contribution < -0.4 is 0 Å². The molecule has 1 saturated heterocycles. The number of thiol groups is 1. The Labute approximate surface area is 197 Å². The van der Waals surface area contributed by atoms with E-state index in [1.54, 1.807) is 24.3 Å². The van der Waals surface area contributed by atoms with Gasteiger partial charge in [0.1, 0.15) is 5.82 Å². The van der Waals surface area contributed by atoms with Gasteiger partial charge in [0.15, 0.2) is 18.2 Å². The molecule has 4 rings (SSSR count). The highest BCUT2D eigenvalue weighted by Crippen LogP contribution is 2.39. The van der Waals surface area contributed by atoms with E-state index in [0.717, 1.165) is 23.2 Å². The number of likely N-dealkylation sites (tertiary alicyclic amines) is 1. The number of carbonyl (C=O) groups excluding carboxylic acids is 2. The Balaban J connectivity index is 0.00000289. The molecular formula is C21H25ClFN5O3S. The average Bonchev–Trinajstić information content (AvgIpc) is 3.53. The summed E-state index contributed by atoms with van der Waals surface area (Å²) >= 11 is 4.67. The van der Waals surface area contributed by atoms with Gasteiger partial charge >= 0.3 is 5.97 Å².